The lowest BCUT2D eigenvalue weighted by Gasteiger charge is -2.33. The number of nitrogens with zero attached hydrogens (tertiary/aromatic N) is 4. The van der Waals surface area contributed by atoms with Crippen LogP contribution in [0.5, 0.6) is 5.75 Å². The molecule has 7 heteroatoms. The van der Waals surface area contributed by atoms with Crippen molar-refractivity contribution in [1.29, 1.82) is 0 Å². The third-order valence-electron chi connectivity index (χ3n) is 5.38. The van der Waals surface area contributed by atoms with Gasteiger partial charge in [0.25, 0.3) is 0 Å². The van der Waals surface area contributed by atoms with Crippen LogP contribution in [0.25, 0.3) is 0 Å². The maximum absolute atomic E-state index is 6.05. The van der Waals surface area contributed by atoms with Gasteiger partial charge in [0.2, 0.25) is 0 Å². The number of piperazine rings is 1. The predicted molar refractivity (Wildman–Crippen MR) is 128 cm³/mol. The van der Waals surface area contributed by atoms with Gasteiger partial charge in [0.05, 0.1) is 13.1 Å². The Kier molecular flexibility index (Phi) is 8.53. The average Bonchev–Trinajstić information content (AvgIpc) is 2.78. The molecule has 1 saturated heterocycles. The normalized spacial score (nSPS) is 16.1. The van der Waals surface area contributed by atoms with Crippen molar-refractivity contribution in [2.45, 2.75) is 33.4 Å². The van der Waals surface area contributed by atoms with E-state index >= 15 is 0 Å². The number of rotatable bonds is 8. The molecule has 0 radical (unpaired) electrons. The maximum Gasteiger partial charge on any atom is 0.191 e. The number of anilines is 1. The van der Waals surface area contributed by atoms with Crippen LogP contribution in [-0.4, -0.2) is 68.3 Å². The fourth-order valence-electron chi connectivity index (χ4n) is 3.43. The first-order chi connectivity index (χ1) is 15.0. The van der Waals surface area contributed by atoms with Crippen molar-refractivity contribution in [1.82, 2.24) is 20.5 Å². The molecule has 31 heavy (non-hydrogen) atoms. The van der Waals surface area contributed by atoms with E-state index in [9.17, 15) is 0 Å². The smallest absolute Gasteiger partial charge is 0.191 e. The van der Waals surface area contributed by atoms with Crippen LogP contribution in [0.3, 0.4) is 0 Å². The first-order valence-corrected chi connectivity index (χ1v) is 11.2. The van der Waals surface area contributed by atoms with E-state index in [0.29, 0.717) is 13.1 Å². The van der Waals surface area contributed by atoms with Crippen molar-refractivity contribution in [2.24, 2.45) is 4.99 Å². The zero-order valence-corrected chi connectivity index (χ0v) is 19.3. The maximum atomic E-state index is 6.05. The van der Waals surface area contributed by atoms with Crippen LogP contribution in [0.2, 0.25) is 0 Å². The Morgan fingerprint density at radius 2 is 1.90 bits per heavy atom. The molecule has 0 amide bonds. The summed E-state index contributed by atoms with van der Waals surface area (Å²) in [7, 11) is 2.16. The van der Waals surface area contributed by atoms with Crippen molar-refractivity contribution < 1.29 is 4.74 Å². The molecule has 3 rings (SSSR count). The topological polar surface area (TPSA) is 65.0 Å². The molecule has 7 nitrogen and oxygen atoms in total. The lowest BCUT2D eigenvalue weighted by Crippen LogP contribution is -2.44. The number of hydrogen-bond acceptors (Lipinski definition) is 5. The van der Waals surface area contributed by atoms with Crippen LogP contribution in [-0.2, 0) is 6.54 Å². The highest BCUT2D eigenvalue weighted by Crippen LogP contribution is 2.17. The second kappa shape index (κ2) is 11.6. The van der Waals surface area contributed by atoms with Crippen molar-refractivity contribution in [2.75, 3.05) is 51.2 Å². The van der Waals surface area contributed by atoms with Crippen LogP contribution in [0, 0.1) is 6.92 Å². The number of hydrogen-bond donors (Lipinski definition) is 2. The highest BCUT2D eigenvalue weighted by atomic mass is 16.5. The predicted octanol–water partition coefficient (Wildman–Crippen LogP) is 2.66. The SMILES string of the molecule is CCNC(=NCc1ccc(N2CCN(C)CC2)nc1)NCC(C)Oc1ccccc1C. The van der Waals surface area contributed by atoms with E-state index in [2.05, 4.69) is 71.4 Å². The van der Waals surface area contributed by atoms with Gasteiger partial charge in [-0.05, 0) is 51.1 Å². The largest absolute Gasteiger partial charge is 0.489 e. The summed E-state index contributed by atoms with van der Waals surface area (Å²) >= 11 is 0. The molecular weight excluding hydrogens is 388 g/mol. The lowest BCUT2D eigenvalue weighted by molar-refractivity contribution is 0.222. The number of para-hydroxylation sites is 1. The average molecular weight is 425 g/mol. The number of nitrogens with one attached hydrogen (secondary N) is 2. The van der Waals surface area contributed by atoms with Gasteiger partial charge < -0.3 is 25.2 Å². The first-order valence-electron chi connectivity index (χ1n) is 11.2. The van der Waals surface area contributed by atoms with Crippen LogP contribution >= 0.6 is 0 Å². The fourth-order valence-corrected chi connectivity index (χ4v) is 3.43. The number of pyridine rings is 1. The minimum absolute atomic E-state index is 0.0227. The van der Waals surface area contributed by atoms with E-state index in [1.165, 1.54) is 0 Å². The standard InChI is InChI=1S/C24H36N6O/c1-5-25-24(27-16-20(3)31-22-9-7-6-8-19(22)2)28-18-21-10-11-23(26-17-21)30-14-12-29(4)13-15-30/h6-11,17,20H,5,12-16,18H2,1-4H3,(H2,25,27,28). The van der Waals surface area contributed by atoms with Crippen LogP contribution in [0.1, 0.15) is 25.0 Å². The molecule has 0 saturated carbocycles. The van der Waals surface area contributed by atoms with Gasteiger partial charge in [-0.15, -0.1) is 0 Å². The molecule has 168 valence electrons. The van der Waals surface area contributed by atoms with E-state index in [1.807, 2.05) is 24.4 Å². The summed E-state index contributed by atoms with van der Waals surface area (Å²) in [6.07, 6.45) is 1.96. The summed E-state index contributed by atoms with van der Waals surface area (Å²) in [6.45, 7) is 12.5. The van der Waals surface area contributed by atoms with E-state index in [0.717, 1.165) is 61.4 Å². The Morgan fingerprint density at radius 1 is 1.13 bits per heavy atom. The number of benzene rings is 1. The van der Waals surface area contributed by atoms with E-state index in [4.69, 9.17) is 9.73 Å². The molecule has 1 aliphatic heterocycles. The van der Waals surface area contributed by atoms with Gasteiger partial charge in [0, 0.05) is 38.9 Å². The molecule has 0 spiro atoms. The second-order valence-electron chi connectivity index (χ2n) is 8.09. The highest BCUT2D eigenvalue weighted by Gasteiger charge is 2.15. The Labute approximate surface area is 186 Å². The van der Waals surface area contributed by atoms with Crippen molar-refractivity contribution >= 4 is 11.8 Å². The third-order valence-corrected chi connectivity index (χ3v) is 5.38. The molecule has 1 aliphatic rings. The molecular formula is C24H36N6O. The van der Waals surface area contributed by atoms with Crippen LogP contribution in [0.15, 0.2) is 47.6 Å². The summed E-state index contributed by atoms with van der Waals surface area (Å²) in [5.74, 6) is 2.75. The molecule has 1 atom stereocenters. The first kappa shape index (κ1) is 22.9. The summed E-state index contributed by atoms with van der Waals surface area (Å²) in [5.41, 5.74) is 2.24. The fraction of sp³-hybridized carbons (Fsp3) is 0.500. The summed E-state index contributed by atoms with van der Waals surface area (Å²) in [5, 5.41) is 6.68. The van der Waals surface area contributed by atoms with Crippen molar-refractivity contribution in [3.05, 3.63) is 53.7 Å². The second-order valence-corrected chi connectivity index (χ2v) is 8.09. The quantitative estimate of drug-likeness (QED) is 0.502. The van der Waals surface area contributed by atoms with Crippen LogP contribution in [0.4, 0.5) is 5.82 Å². The zero-order valence-electron chi connectivity index (χ0n) is 19.3. The molecule has 1 fully saturated rings. The molecule has 1 unspecified atom stereocenters. The van der Waals surface area contributed by atoms with E-state index < -0.39 is 0 Å². The van der Waals surface area contributed by atoms with Gasteiger partial charge in [0.1, 0.15) is 17.7 Å². The zero-order chi connectivity index (χ0) is 22.1. The summed E-state index contributed by atoms with van der Waals surface area (Å²) in [4.78, 5) is 14.1. The molecule has 2 N–H and O–H groups in total. The Bertz CT molecular complexity index is 830. The van der Waals surface area contributed by atoms with E-state index in [1.54, 1.807) is 0 Å². The minimum Gasteiger partial charge on any atom is -0.489 e. The number of guanidine groups is 1. The number of aromatic nitrogens is 1. The minimum atomic E-state index is 0.0227. The van der Waals surface area contributed by atoms with Gasteiger partial charge >= 0.3 is 0 Å². The molecule has 2 aromatic rings. The van der Waals surface area contributed by atoms with Gasteiger partial charge in [-0.3, -0.25) is 0 Å². The summed E-state index contributed by atoms with van der Waals surface area (Å²) in [6, 6.07) is 12.3. The van der Waals surface area contributed by atoms with E-state index in [-0.39, 0.29) is 6.10 Å². The monoisotopic (exact) mass is 424 g/mol. The Morgan fingerprint density at radius 3 is 2.58 bits per heavy atom. The number of ether oxygens (including phenoxy) is 1. The van der Waals surface area contributed by atoms with Crippen LogP contribution < -0.4 is 20.3 Å². The van der Waals surface area contributed by atoms with Gasteiger partial charge in [0.15, 0.2) is 5.96 Å². The Balaban J connectivity index is 1.51. The van der Waals surface area contributed by atoms with Crippen molar-refractivity contribution in [3.63, 3.8) is 0 Å². The number of aliphatic imine (C=N–C) groups is 1. The molecule has 1 aromatic carbocycles. The molecule has 0 aliphatic carbocycles. The summed E-state index contributed by atoms with van der Waals surface area (Å²) < 4.78 is 6.05. The van der Waals surface area contributed by atoms with Crippen molar-refractivity contribution in [3.8, 4) is 5.75 Å². The molecule has 0 bridgehead atoms. The number of aryl methyl sites for hydroxylation is 1. The lowest BCUT2D eigenvalue weighted by atomic mass is 10.2. The number of likely N-dealkylation sites (N-methyl/N-ethyl adjacent to an activating group) is 1. The Hall–Kier alpha value is -2.80. The van der Waals surface area contributed by atoms with Gasteiger partial charge in [-0.2, -0.15) is 0 Å². The van der Waals surface area contributed by atoms with Gasteiger partial charge in [-0.1, -0.05) is 24.3 Å². The van der Waals surface area contributed by atoms with Gasteiger partial charge in [-0.25, -0.2) is 9.98 Å². The highest BCUT2D eigenvalue weighted by molar-refractivity contribution is 5.79. The molecule has 1 aromatic heterocycles. The molecule has 2 heterocycles. The third kappa shape index (κ3) is 7.14.